The van der Waals surface area contributed by atoms with Crippen LogP contribution in [0.2, 0.25) is 0 Å². The average Bonchev–Trinajstić information content (AvgIpc) is 3.16. The van der Waals surface area contributed by atoms with Crippen LogP contribution < -0.4 is 0 Å². The SMILES string of the molecule is O=C(CCc1cccc(F)c1)N1CCCN(CCc2ncc[nH]2)CC1.O=CO.O=CO. The first kappa shape index (κ1) is 25.8. The second-order valence-electron chi connectivity index (χ2n) is 6.70. The first-order chi connectivity index (χ1) is 15.0. The number of H-pyrrole nitrogens is 1. The minimum absolute atomic E-state index is 0.164. The molecule has 31 heavy (non-hydrogen) atoms. The van der Waals surface area contributed by atoms with Crippen molar-refractivity contribution in [3.8, 4) is 0 Å². The predicted octanol–water partition coefficient (Wildman–Crippen LogP) is 1.66. The average molecular weight is 436 g/mol. The zero-order valence-electron chi connectivity index (χ0n) is 17.3. The van der Waals surface area contributed by atoms with Crippen LogP contribution in [0.15, 0.2) is 36.7 Å². The molecule has 1 aromatic carbocycles. The number of carboxylic acid groups (broad SMARTS) is 2. The highest BCUT2D eigenvalue weighted by Gasteiger charge is 2.19. The molecule has 10 heteroatoms. The van der Waals surface area contributed by atoms with E-state index in [0.717, 1.165) is 57.0 Å². The predicted molar refractivity (Wildman–Crippen MR) is 112 cm³/mol. The molecule has 3 N–H and O–H groups in total. The van der Waals surface area contributed by atoms with Gasteiger partial charge in [0, 0.05) is 51.4 Å². The zero-order valence-corrected chi connectivity index (χ0v) is 17.3. The van der Waals surface area contributed by atoms with E-state index in [1.54, 1.807) is 12.3 Å². The lowest BCUT2D eigenvalue weighted by Crippen LogP contribution is -2.35. The Bertz CT molecular complexity index is 767. The van der Waals surface area contributed by atoms with Crippen molar-refractivity contribution >= 4 is 18.9 Å². The largest absolute Gasteiger partial charge is 0.483 e. The van der Waals surface area contributed by atoms with Crippen molar-refractivity contribution in [3.05, 3.63) is 53.9 Å². The number of aryl methyl sites for hydroxylation is 1. The quantitative estimate of drug-likeness (QED) is 0.588. The van der Waals surface area contributed by atoms with Crippen LogP contribution in [0.4, 0.5) is 4.39 Å². The molecule has 3 rings (SSSR count). The Morgan fingerprint density at radius 1 is 1.13 bits per heavy atom. The maximum atomic E-state index is 13.2. The van der Waals surface area contributed by atoms with Crippen LogP contribution in [0.25, 0.3) is 0 Å². The number of rotatable bonds is 6. The van der Waals surface area contributed by atoms with E-state index in [1.165, 1.54) is 12.1 Å². The van der Waals surface area contributed by atoms with Gasteiger partial charge in [0.15, 0.2) is 0 Å². The molecule has 1 aromatic heterocycles. The molecule has 2 aromatic rings. The van der Waals surface area contributed by atoms with Crippen molar-refractivity contribution < 1.29 is 29.0 Å². The molecular weight excluding hydrogens is 407 g/mol. The second kappa shape index (κ2) is 15.6. The molecule has 0 bridgehead atoms. The van der Waals surface area contributed by atoms with Crippen molar-refractivity contribution in [2.24, 2.45) is 0 Å². The van der Waals surface area contributed by atoms with Crippen LogP contribution >= 0.6 is 0 Å². The summed E-state index contributed by atoms with van der Waals surface area (Å²) in [5, 5.41) is 13.8. The summed E-state index contributed by atoms with van der Waals surface area (Å²) < 4.78 is 13.2. The van der Waals surface area contributed by atoms with E-state index >= 15 is 0 Å². The number of hydrogen-bond donors (Lipinski definition) is 3. The van der Waals surface area contributed by atoms with Gasteiger partial charge in [0.1, 0.15) is 11.6 Å². The van der Waals surface area contributed by atoms with E-state index in [0.29, 0.717) is 12.8 Å². The maximum Gasteiger partial charge on any atom is 0.290 e. The van der Waals surface area contributed by atoms with Crippen molar-refractivity contribution in [3.63, 3.8) is 0 Å². The monoisotopic (exact) mass is 436 g/mol. The van der Waals surface area contributed by atoms with Gasteiger partial charge in [0.05, 0.1) is 0 Å². The number of halogens is 1. The van der Waals surface area contributed by atoms with Gasteiger partial charge in [-0.05, 0) is 37.1 Å². The molecule has 0 radical (unpaired) electrons. The van der Waals surface area contributed by atoms with Gasteiger partial charge in [-0.15, -0.1) is 0 Å². The highest BCUT2D eigenvalue weighted by Crippen LogP contribution is 2.10. The molecule has 0 unspecified atom stereocenters. The standard InChI is InChI=1S/C19H25FN4O.2CH2O2/c20-17-4-1-3-16(15-17)5-6-19(25)24-11-2-10-23(13-14-24)12-7-18-21-8-9-22-18;2*2-1-3/h1,3-4,8-9,15H,2,5-7,10-14H2,(H,21,22);2*1H,(H,2,3). The van der Waals surface area contributed by atoms with Gasteiger partial charge in [0.25, 0.3) is 12.9 Å². The summed E-state index contributed by atoms with van der Waals surface area (Å²) >= 11 is 0. The Kier molecular flexibility index (Phi) is 12.9. The normalized spacial score (nSPS) is 13.6. The minimum atomic E-state index is -0.250. The summed E-state index contributed by atoms with van der Waals surface area (Å²) in [4.78, 5) is 40.9. The smallest absolute Gasteiger partial charge is 0.290 e. The lowest BCUT2D eigenvalue weighted by Gasteiger charge is -2.22. The molecule has 9 nitrogen and oxygen atoms in total. The number of nitrogens with one attached hydrogen (secondary N) is 1. The summed E-state index contributed by atoms with van der Waals surface area (Å²) in [6.07, 6.45) is 6.54. The molecule has 0 spiro atoms. The van der Waals surface area contributed by atoms with Crippen LogP contribution in [-0.2, 0) is 27.2 Å². The van der Waals surface area contributed by atoms with Gasteiger partial charge >= 0.3 is 0 Å². The number of carbonyl (C=O) groups excluding carboxylic acids is 1. The van der Waals surface area contributed by atoms with Crippen LogP contribution in [0.1, 0.15) is 24.2 Å². The van der Waals surface area contributed by atoms with Gasteiger partial charge in [-0.1, -0.05) is 12.1 Å². The van der Waals surface area contributed by atoms with E-state index in [4.69, 9.17) is 19.8 Å². The van der Waals surface area contributed by atoms with Gasteiger partial charge < -0.3 is 25.0 Å². The highest BCUT2D eigenvalue weighted by atomic mass is 19.1. The van der Waals surface area contributed by atoms with Gasteiger partial charge in [-0.2, -0.15) is 0 Å². The Balaban J connectivity index is 0.000000720. The fraction of sp³-hybridized carbons (Fsp3) is 0.429. The first-order valence-corrected chi connectivity index (χ1v) is 9.92. The number of aromatic amines is 1. The fourth-order valence-electron chi connectivity index (χ4n) is 3.24. The zero-order chi connectivity index (χ0) is 22.9. The number of benzene rings is 1. The molecule has 0 aliphatic carbocycles. The molecule has 0 atom stereocenters. The third kappa shape index (κ3) is 10.9. The summed E-state index contributed by atoms with van der Waals surface area (Å²) in [6, 6.07) is 6.50. The second-order valence-corrected chi connectivity index (χ2v) is 6.70. The van der Waals surface area contributed by atoms with Crippen LogP contribution in [0.5, 0.6) is 0 Å². The molecule has 170 valence electrons. The third-order valence-electron chi connectivity index (χ3n) is 4.68. The van der Waals surface area contributed by atoms with E-state index in [9.17, 15) is 9.18 Å². The van der Waals surface area contributed by atoms with Crippen molar-refractivity contribution in [2.45, 2.75) is 25.7 Å². The summed E-state index contributed by atoms with van der Waals surface area (Å²) in [6.45, 7) is 3.93. The summed E-state index contributed by atoms with van der Waals surface area (Å²) in [7, 11) is 0. The number of carbonyl (C=O) groups is 3. The summed E-state index contributed by atoms with van der Waals surface area (Å²) in [5.74, 6) is 0.927. The number of hydrogen-bond acceptors (Lipinski definition) is 5. The van der Waals surface area contributed by atoms with Crippen molar-refractivity contribution in [1.29, 1.82) is 0 Å². The van der Waals surface area contributed by atoms with Gasteiger partial charge in [-0.25, -0.2) is 9.37 Å². The van der Waals surface area contributed by atoms with Gasteiger partial charge in [0.2, 0.25) is 5.91 Å². The molecule has 1 saturated heterocycles. The Labute approximate surface area is 180 Å². The first-order valence-electron chi connectivity index (χ1n) is 9.92. The van der Waals surface area contributed by atoms with E-state index in [2.05, 4.69) is 14.9 Å². The highest BCUT2D eigenvalue weighted by molar-refractivity contribution is 5.76. The third-order valence-corrected chi connectivity index (χ3v) is 4.68. The van der Waals surface area contributed by atoms with Crippen molar-refractivity contribution in [1.82, 2.24) is 19.8 Å². The van der Waals surface area contributed by atoms with E-state index in [-0.39, 0.29) is 24.7 Å². The topological polar surface area (TPSA) is 127 Å². The molecule has 2 heterocycles. The Morgan fingerprint density at radius 2 is 1.87 bits per heavy atom. The molecule has 0 saturated carbocycles. The molecule has 1 fully saturated rings. The van der Waals surface area contributed by atoms with Gasteiger partial charge in [-0.3, -0.25) is 14.4 Å². The van der Waals surface area contributed by atoms with Crippen LogP contribution in [0, 0.1) is 5.82 Å². The fourth-order valence-corrected chi connectivity index (χ4v) is 3.24. The van der Waals surface area contributed by atoms with Crippen LogP contribution in [-0.4, -0.2) is 81.6 Å². The van der Waals surface area contributed by atoms with Crippen molar-refractivity contribution in [2.75, 3.05) is 32.7 Å². The molecule has 1 amide bonds. The Morgan fingerprint density at radius 3 is 2.52 bits per heavy atom. The lowest BCUT2D eigenvalue weighted by atomic mass is 10.1. The molecular formula is C21H29FN4O5. The number of nitrogens with zero attached hydrogens (tertiary/aromatic N) is 3. The molecule has 1 aliphatic heterocycles. The molecule has 1 aliphatic rings. The van der Waals surface area contributed by atoms with E-state index in [1.807, 2.05) is 17.2 Å². The lowest BCUT2D eigenvalue weighted by molar-refractivity contribution is -0.131. The Hall–Kier alpha value is -3.27. The van der Waals surface area contributed by atoms with Crippen LogP contribution in [0.3, 0.4) is 0 Å². The minimum Gasteiger partial charge on any atom is -0.483 e. The number of aromatic nitrogens is 2. The van der Waals surface area contributed by atoms with E-state index < -0.39 is 0 Å². The number of amides is 1. The maximum absolute atomic E-state index is 13.2. The number of imidazole rings is 1. The summed E-state index contributed by atoms with van der Waals surface area (Å²) in [5.41, 5.74) is 0.878.